The summed E-state index contributed by atoms with van der Waals surface area (Å²) in [5, 5.41) is 35.7. The van der Waals surface area contributed by atoms with E-state index in [-0.39, 0.29) is 21.3 Å². The molecule has 4 aromatic rings. The Balaban J connectivity index is 1.78. The van der Waals surface area contributed by atoms with Gasteiger partial charge in [0.25, 0.3) is 0 Å². The normalized spacial score (nSPS) is 24.5. The number of aromatic amines is 1. The van der Waals surface area contributed by atoms with Gasteiger partial charge in [-0.05, 0) is 11.6 Å². The summed E-state index contributed by atoms with van der Waals surface area (Å²) in [6, 6.07) is 23.4. The van der Waals surface area contributed by atoms with Crippen molar-refractivity contribution < 1.29 is 34.4 Å². The summed E-state index contributed by atoms with van der Waals surface area (Å²) in [7, 11) is 0. The Labute approximate surface area is 238 Å². The second-order valence-electron chi connectivity index (χ2n) is 9.52. The van der Waals surface area contributed by atoms with Gasteiger partial charge in [-0.1, -0.05) is 103 Å². The maximum Gasteiger partial charge on any atom is 0.328 e. The predicted octanol–water partition coefficient (Wildman–Crippen LogP) is 2.33. The number of carbonyl (C=O) groups is 3. The lowest BCUT2D eigenvalue weighted by Gasteiger charge is -2.38. The third-order valence-corrected chi connectivity index (χ3v) is 7.33. The fourth-order valence-corrected chi connectivity index (χ4v) is 5.15. The number of nitrogens with one attached hydrogen (secondary N) is 1. The van der Waals surface area contributed by atoms with E-state index in [0.717, 1.165) is 10.8 Å². The molecule has 208 valence electrons. The van der Waals surface area contributed by atoms with Crippen molar-refractivity contribution in [1.29, 1.82) is 0 Å². The van der Waals surface area contributed by atoms with Gasteiger partial charge in [0.05, 0.1) is 0 Å². The summed E-state index contributed by atoms with van der Waals surface area (Å²) in [5.41, 5.74) is -7.71. The average Bonchev–Trinajstić information content (AvgIpc) is 3.25. The van der Waals surface area contributed by atoms with Crippen molar-refractivity contribution in [2.24, 2.45) is 0 Å². The molecule has 0 amide bonds. The first-order valence-corrected chi connectivity index (χ1v) is 12.9. The molecule has 3 aromatic carbocycles. The summed E-state index contributed by atoms with van der Waals surface area (Å²) in [6.07, 6.45) is -5.24. The lowest BCUT2D eigenvalue weighted by Crippen LogP contribution is -2.68. The monoisotopic (exact) mass is 572 g/mol. The highest BCUT2D eigenvalue weighted by Crippen LogP contribution is 2.50. The number of carbonyl (C=O) groups excluding carboxylic acids is 3. The van der Waals surface area contributed by atoms with Crippen molar-refractivity contribution in [2.75, 3.05) is 0 Å². The van der Waals surface area contributed by atoms with Crippen molar-refractivity contribution in [1.82, 2.24) is 9.55 Å². The molecule has 41 heavy (non-hydrogen) atoms. The highest BCUT2D eigenvalue weighted by atomic mass is 32.1. The van der Waals surface area contributed by atoms with Gasteiger partial charge in [-0.25, -0.2) is 4.79 Å². The summed E-state index contributed by atoms with van der Waals surface area (Å²) < 4.78 is 6.59. The standard InChI is InChI=1S/C30H24N2O8S/c33-22(18-10-4-1-5-11-18)23(34)26-29(38,24(35)19-12-6-2-7-13-19)30(39,25(36)20-14-8-3-9-15-20)27(40-26)32-17-16-21(41)31-28(32)37/h1-17,22,26-27,33,38-39H,(H,31,37,41)/t22?,26-,27-,29-,30+/m1/s1. The molecule has 0 saturated carbocycles. The SMILES string of the molecule is O=C(C(O)c1ccccc1)[C@H]1O[C@@H](n2ccc(=S)[nH]c2=O)[C@@](O)(C(=O)c2ccccc2)[C@@]1(O)C(=O)c1ccccc1. The minimum Gasteiger partial charge on any atom is -0.380 e. The highest BCUT2D eigenvalue weighted by Gasteiger charge is 2.75. The number of nitrogens with zero attached hydrogens (tertiary/aromatic N) is 1. The van der Waals surface area contributed by atoms with Crippen LogP contribution in [-0.4, -0.2) is 59.5 Å². The predicted molar refractivity (Wildman–Crippen MR) is 148 cm³/mol. The van der Waals surface area contributed by atoms with Crippen molar-refractivity contribution in [2.45, 2.75) is 29.6 Å². The van der Waals surface area contributed by atoms with Crippen LogP contribution < -0.4 is 5.69 Å². The van der Waals surface area contributed by atoms with Crippen LogP contribution in [0.2, 0.25) is 0 Å². The molecule has 0 bridgehead atoms. The van der Waals surface area contributed by atoms with Crippen LogP contribution in [0.5, 0.6) is 0 Å². The first-order valence-electron chi connectivity index (χ1n) is 12.5. The molecule has 4 N–H and O–H groups in total. The summed E-state index contributed by atoms with van der Waals surface area (Å²) in [6.45, 7) is 0. The number of Topliss-reactive ketones (excluding diaryl/α,β-unsaturated/α-hetero) is 3. The van der Waals surface area contributed by atoms with E-state index in [4.69, 9.17) is 17.0 Å². The molecule has 1 aliphatic heterocycles. The molecule has 10 nitrogen and oxygen atoms in total. The summed E-state index contributed by atoms with van der Waals surface area (Å²) in [4.78, 5) is 57.4. The van der Waals surface area contributed by atoms with Crippen molar-refractivity contribution in [3.05, 3.63) is 135 Å². The van der Waals surface area contributed by atoms with Crippen molar-refractivity contribution in [3.63, 3.8) is 0 Å². The Bertz CT molecular complexity index is 1720. The average molecular weight is 573 g/mol. The van der Waals surface area contributed by atoms with E-state index in [1.807, 2.05) is 0 Å². The molecule has 1 aromatic heterocycles. The number of ether oxygens (including phenoxy) is 1. The number of ketones is 3. The van der Waals surface area contributed by atoms with Crippen LogP contribution in [-0.2, 0) is 9.53 Å². The van der Waals surface area contributed by atoms with Crippen molar-refractivity contribution in [3.8, 4) is 0 Å². The smallest absolute Gasteiger partial charge is 0.328 e. The number of rotatable bonds is 8. The molecule has 11 heteroatoms. The highest BCUT2D eigenvalue weighted by molar-refractivity contribution is 7.71. The Kier molecular flexibility index (Phi) is 7.47. The molecule has 1 aliphatic rings. The first-order chi connectivity index (χ1) is 19.6. The zero-order valence-electron chi connectivity index (χ0n) is 21.3. The van der Waals surface area contributed by atoms with Gasteiger partial charge in [0.15, 0.2) is 18.1 Å². The maximum absolute atomic E-state index is 14.1. The molecule has 0 aliphatic carbocycles. The first kappa shape index (κ1) is 28.1. The van der Waals surface area contributed by atoms with Gasteiger partial charge < -0.3 is 20.1 Å². The largest absolute Gasteiger partial charge is 0.380 e. The molecule has 5 atom stereocenters. The minimum absolute atomic E-state index is 0.0184. The zero-order chi connectivity index (χ0) is 29.4. The minimum atomic E-state index is -3.31. The van der Waals surface area contributed by atoms with Gasteiger partial charge in [0.2, 0.25) is 22.8 Å². The molecule has 1 fully saturated rings. The fourth-order valence-electron chi connectivity index (χ4n) is 5.01. The van der Waals surface area contributed by atoms with Gasteiger partial charge in [-0.3, -0.25) is 23.9 Å². The fraction of sp³-hybridized carbons (Fsp3) is 0.167. The number of hydrogen-bond donors (Lipinski definition) is 4. The van der Waals surface area contributed by atoms with E-state index in [9.17, 15) is 34.5 Å². The number of aliphatic hydroxyl groups is 3. The third kappa shape index (κ3) is 4.59. The summed E-state index contributed by atoms with van der Waals surface area (Å²) in [5.74, 6) is -3.65. The molecular weight excluding hydrogens is 548 g/mol. The van der Waals surface area contributed by atoms with Gasteiger partial charge in [0.1, 0.15) is 10.7 Å². The second kappa shape index (κ2) is 10.9. The third-order valence-electron chi connectivity index (χ3n) is 7.09. The van der Waals surface area contributed by atoms with Crippen LogP contribution in [0.1, 0.15) is 38.6 Å². The van der Waals surface area contributed by atoms with Crippen LogP contribution in [0.25, 0.3) is 0 Å². The Morgan fingerprint density at radius 3 is 1.80 bits per heavy atom. The molecule has 1 saturated heterocycles. The molecule has 1 unspecified atom stereocenters. The summed E-state index contributed by atoms with van der Waals surface area (Å²) >= 11 is 4.99. The maximum atomic E-state index is 14.1. The van der Waals surface area contributed by atoms with Crippen LogP contribution in [0.15, 0.2) is 108 Å². The molecule has 2 heterocycles. The number of hydrogen-bond acceptors (Lipinski definition) is 9. The molecule has 0 spiro atoms. The van der Waals surface area contributed by atoms with Gasteiger partial charge in [-0.15, -0.1) is 0 Å². The molecule has 5 rings (SSSR count). The number of benzene rings is 3. The van der Waals surface area contributed by atoms with E-state index < -0.39 is 52.7 Å². The molecular formula is C30H24N2O8S. The van der Waals surface area contributed by atoms with Crippen LogP contribution >= 0.6 is 12.2 Å². The van der Waals surface area contributed by atoms with Crippen LogP contribution in [0.4, 0.5) is 0 Å². The molecule has 0 radical (unpaired) electrons. The van der Waals surface area contributed by atoms with Gasteiger partial charge >= 0.3 is 5.69 Å². The number of aromatic nitrogens is 2. The van der Waals surface area contributed by atoms with Gasteiger partial charge in [-0.2, -0.15) is 0 Å². The van der Waals surface area contributed by atoms with Crippen LogP contribution in [0, 0.1) is 4.64 Å². The Hall–Kier alpha value is -4.39. The Morgan fingerprint density at radius 2 is 1.29 bits per heavy atom. The van der Waals surface area contributed by atoms with Crippen LogP contribution in [0.3, 0.4) is 0 Å². The number of aliphatic hydroxyl groups excluding tert-OH is 1. The van der Waals surface area contributed by atoms with E-state index >= 15 is 0 Å². The topological polar surface area (TPSA) is 159 Å². The van der Waals surface area contributed by atoms with E-state index in [0.29, 0.717) is 0 Å². The zero-order valence-corrected chi connectivity index (χ0v) is 22.1. The Morgan fingerprint density at radius 1 is 0.805 bits per heavy atom. The number of H-pyrrole nitrogens is 1. The van der Waals surface area contributed by atoms with Crippen molar-refractivity contribution >= 4 is 29.6 Å². The van der Waals surface area contributed by atoms with Gasteiger partial charge in [0, 0.05) is 17.3 Å². The van der Waals surface area contributed by atoms with E-state index in [1.54, 1.807) is 30.3 Å². The van der Waals surface area contributed by atoms with E-state index in [2.05, 4.69) is 4.98 Å². The van der Waals surface area contributed by atoms with E-state index in [1.165, 1.54) is 66.7 Å². The lowest BCUT2D eigenvalue weighted by molar-refractivity contribution is -0.148. The lowest BCUT2D eigenvalue weighted by atomic mass is 9.69. The second-order valence-corrected chi connectivity index (χ2v) is 9.96. The quantitative estimate of drug-likeness (QED) is 0.184.